The summed E-state index contributed by atoms with van der Waals surface area (Å²) in [7, 11) is 1.37. The van der Waals surface area contributed by atoms with Crippen LogP contribution in [-0.4, -0.2) is 42.9 Å². The fraction of sp³-hybridized carbons (Fsp3) is 0.571. The third kappa shape index (κ3) is 3.04. The van der Waals surface area contributed by atoms with E-state index < -0.39 is 0 Å². The Balaban J connectivity index is 2.17. The van der Waals surface area contributed by atoms with Crippen LogP contribution >= 0.6 is 0 Å². The number of methoxy groups -OCH3 is 1. The summed E-state index contributed by atoms with van der Waals surface area (Å²) in [5.41, 5.74) is 1.18. The molecular formula is C14H20N2O3. The molecule has 0 bridgehead atoms. The zero-order valence-corrected chi connectivity index (χ0v) is 11.4. The highest BCUT2D eigenvalue weighted by molar-refractivity contribution is 5.90. The first-order chi connectivity index (χ1) is 9.15. The fourth-order valence-corrected chi connectivity index (χ4v) is 2.47. The van der Waals surface area contributed by atoms with Gasteiger partial charge in [-0.25, -0.2) is 9.78 Å². The van der Waals surface area contributed by atoms with E-state index in [2.05, 4.69) is 9.88 Å². The van der Waals surface area contributed by atoms with Crippen LogP contribution < -0.4 is 4.90 Å². The van der Waals surface area contributed by atoms with Crippen molar-refractivity contribution in [3.8, 4) is 0 Å². The Bertz CT molecular complexity index is 462. The number of carbonyl (C=O) groups is 1. The number of anilines is 1. The molecule has 0 saturated carbocycles. The zero-order chi connectivity index (χ0) is 13.8. The van der Waals surface area contributed by atoms with Gasteiger partial charge in [-0.1, -0.05) is 0 Å². The van der Waals surface area contributed by atoms with E-state index in [4.69, 9.17) is 4.74 Å². The van der Waals surface area contributed by atoms with Crippen LogP contribution in [0, 0.1) is 12.8 Å². The molecule has 1 N–H and O–H groups in total. The number of esters is 1. The Hall–Kier alpha value is -1.62. The van der Waals surface area contributed by atoms with Crippen molar-refractivity contribution in [1.29, 1.82) is 0 Å². The first kappa shape index (κ1) is 13.8. The Morgan fingerprint density at radius 1 is 1.58 bits per heavy atom. The van der Waals surface area contributed by atoms with Crippen LogP contribution in [0.2, 0.25) is 0 Å². The topological polar surface area (TPSA) is 62.7 Å². The molecule has 0 aromatic carbocycles. The number of pyridine rings is 1. The predicted molar refractivity (Wildman–Crippen MR) is 72.3 cm³/mol. The summed E-state index contributed by atoms with van der Waals surface area (Å²) in [6.45, 7) is 3.79. The van der Waals surface area contributed by atoms with Gasteiger partial charge in [0.25, 0.3) is 0 Å². The number of piperidine rings is 1. The summed E-state index contributed by atoms with van der Waals surface area (Å²) in [6, 6.07) is 3.60. The van der Waals surface area contributed by atoms with Gasteiger partial charge in [-0.3, -0.25) is 0 Å². The van der Waals surface area contributed by atoms with Gasteiger partial charge in [-0.05, 0) is 37.8 Å². The highest BCUT2D eigenvalue weighted by Crippen LogP contribution is 2.22. The highest BCUT2D eigenvalue weighted by Gasteiger charge is 2.21. The molecule has 1 atom stereocenters. The van der Waals surface area contributed by atoms with E-state index in [0.29, 0.717) is 17.2 Å². The molecule has 0 amide bonds. The van der Waals surface area contributed by atoms with Crippen molar-refractivity contribution in [2.75, 3.05) is 31.7 Å². The maximum absolute atomic E-state index is 11.5. The van der Waals surface area contributed by atoms with Crippen molar-refractivity contribution < 1.29 is 14.6 Å². The summed E-state index contributed by atoms with van der Waals surface area (Å²) in [5.74, 6) is 0.822. The van der Waals surface area contributed by atoms with Gasteiger partial charge >= 0.3 is 5.97 Å². The van der Waals surface area contributed by atoms with Gasteiger partial charge in [0.15, 0.2) is 0 Å². The lowest BCUT2D eigenvalue weighted by Gasteiger charge is -2.33. The van der Waals surface area contributed by atoms with E-state index in [9.17, 15) is 9.90 Å². The van der Waals surface area contributed by atoms with Crippen LogP contribution in [0.3, 0.4) is 0 Å². The normalized spacial score (nSPS) is 19.3. The second-order valence-corrected chi connectivity index (χ2v) is 4.93. The van der Waals surface area contributed by atoms with E-state index in [1.807, 2.05) is 13.0 Å². The van der Waals surface area contributed by atoms with Gasteiger partial charge in [0.1, 0.15) is 5.82 Å². The molecule has 1 aliphatic rings. The predicted octanol–water partition coefficient (Wildman–Crippen LogP) is 1.39. The van der Waals surface area contributed by atoms with Gasteiger partial charge in [0.05, 0.1) is 18.4 Å². The van der Waals surface area contributed by atoms with Crippen molar-refractivity contribution >= 4 is 11.8 Å². The molecule has 5 heteroatoms. The van der Waals surface area contributed by atoms with Gasteiger partial charge in [-0.15, -0.1) is 0 Å². The van der Waals surface area contributed by atoms with Crippen LogP contribution in [0.15, 0.2) is 12.1 Å². The molecule has 1 unspecified atom stereocenters. The van der Waals surface area contributed by atoms with Crippen molar-refractivity contribution in [3.63, 3.8) is 0 Å². The summed E-state index contributed by atoms with van der Waals surface area (Å²) in [6.07, 6.45) is 2.12. The first-order valence-corrected chi connectivity index (χ1v) is 6.57. The number of carbonyl (C=O) groups excluding carboxylic acids is 1. The van der Waals surface area contributed by atoms with Crippen LogP contribution in [0.4, 0.5) is 5.82 Å². The molecule has 1 aromatic heterocycles. The number of aryl methyl sites for hydroxylation is 1. The molecule has 104 valence electrons. The summed E-state index contributed by atoms with van der Waals surface area (Å²) >= 11 is 0. The number of hydrogen-bond acceptors (Lipinski definition) is 5. The molecule has 1 aromatic rings. The molecule has 2 rings (SSSR count). The molecule has 19 heavy (non-hydrogen) atoms. The minimum atomic E-state index is -0.358. The quantitative estimate of drug-likeness (QED) is 0.836. The fourth-order valence-electron chi connectivity index (χ4n) is 2.47. The van der Waals surface area contributed by atoms with Crippen molar-refractivity contribution in [1.82, 2.24) is 4.98 Å². The summed E-state index contributed by atoms with van der Waals surface area (Å²) in [4.78, 5) is 18.2. The molecule has 1 fully saturated rings. The van der Waals surface area contributed by atoms with E-state index in [0.717, 1.165) is 31.7 Å². The molecule has 0 aliphatic carbocycles. The van der Waals surface area contributed by atoms with E-state index in [1.54, 1.807) is 6.07 Å². The summed E-state index contributed by atoms with van der Waals surface area (Å²) in [5, 5.41) is 9.25. The lowest BCUT2D eigenvalue weighted by Crippen LogP contribution is -2.37. The van der Waals surface area contributed by atoms with Crippen LogP contribution in [0.25, 0.3) is 0 Å². The number of ether oxygens (including phenoxy) is 1. The third-order valence-electron chi connectivity index (χ3n) is 3.58. The minimum absolute atomic E-state index is 0.218. The van der Waals surface area contributed by atoms with Crippen molar-refractivity contribution in [2.45, 2.75) is 19.8 Å². The Kier molecular flexibility index (Phi) is 4.37. The largest absolute Gasteiger partial charge is 0.465 e. The number of aliphatic hydroxyl groups is 1. The number of aromatic nitrogens is 1. The molecule has 5 nitrogen and oxygen atoms in total. The molecule has 0 spiro atoms. The zero-order valence-electron chi connectivity index (χ0n) is 11.4. The Morgan fingerprint density at radius 3 is 3.00 bits per heavy atom. The van der Waals surface area contributed by atoms with Crippen molar-refractivity contribution in [3.05, 3.63) is 23.4 Å². The smallest absolute Gasteiger partial charge is 0.339 e. The van der Waals surface area contributed by atoms with E-state index in [-0.39, 0.29) is 12.6 Å². The maximum Gasteiger partial charge on any atom is 0.339 e. The average molecular weight is 264 g/mol. The Morgan fingerprint density at radius 2 is 2.37 bits per heavy atom. The van der Waals surface area contributed by atoms with Gasteiger partial charge in [0, 0.05) is 19.7 Å². The SMILES string of the molecule is COC(=O)c1ccc(N2CCCC(CO)C2)nc1C. The van der Waals surface area contributed by atoms with Crippen LogP contribution in [-0.2, 0) is 4.74 Å². The maximum atomic E-state index is 11.5. The second-order valence-electron chi connectivity index (χ2n) is 4.93. The van der Waals surface area contributed by atoms with Crippen molar-refractivity contribution in [2.24, 2.45) is 5.92 Å². The third-order valence-corrected chi connectivity index (χ3v) is 3.58. The highest BCUT2D eigenvalue weighted by atomic mass is 16.5. The molecule has 2 heterocycles. The molecule has 1 aliphatic heterocycles. The lowest BCUT2D eigenvalue weighted by atomic mass is 9.99. The van der Waals surface area contributed by atoms with Gasteiger partial charge < -0.3 is 14.7 Å². The lowest BCUT2D eigenvalue weighted by molar-refractivity contribution is 0.0599. The van der Waals surface area contributed by atoms with Crippen LogP contribution in [0.1, 0.15) is 28.9 Å². The first-order valence-electron chi connectivity index (χ1n) is 6.57. The molecular weight excluding hydrogens is 244 g/mol. The number of aliphatic hydroxyl groups excluding tert-OH is 1. The van der Waals surface area contributed by atoms with Gasteiger partial charge in [0.2, 0.25) is 0 Å². The van der Waals surface area contributed by atoms with Gasteiger partial charge in [-0.2, -0.15) is 0 Å². The Labute approximate surface area is 113 Å². The minimum Gasteiger partial charge on any atom is -0.465 e. The monoisotopic (exact) mass is 264 g/mol. The standard InChI is InChI=1S/C14H20N2O3/c1-10-12(14(18)19-2)5-6-13(15-10)16-7-3-4-11(8-16)9-17/h5-6,11,17H,3-4,7-9H2,1-2H3. The number of rotatable bonds is 3. The van der Waals surface area contributed by atoms with Crippen LogP contribution in [0.5, 0.6) is 0 Å². The number of hydrogen-bond donors (Lipinski definition) is 1. The second kappa shape index (κ2) is 6.02. The summed E-state index contributed by atoms with van der Waals surface area (Å²) < 4.78 is 4.71. The average Bonchev–Trinajstić information content (AvgIpc) is 2.46. The van der Waals surface area contributed by atoms with E-state index >= 15 is 0 Å². The molecule has 1 saturated heterocycles. The molecule has 0 radical (unpaired) electrons. The number of nitrogens with zero attached hydrogens (tertiary/aromatic N) is 2. The van der Waals surface area contributed by atoms with E-state index in [1.165, 1.54) is 7.11 Å².